The maximum Gasteiger partial charge on any atom is 0.243 e. The van der Waals surface area contributed by atoms with Crippen LogP contribution in [0.25, 0.3) is 10.9 Å². The molecule has 0 bridgehead atoms. The maximum atomic E-state index is 13.2. The lowest BCUT2D eigenvalue weighted by atomic mass is 10.0. The van der Waals surface area contributed by atoms with Crippen LogP contribution in [0.15, 0.2) is 30.5 Å². The number of H-pyrrole nitrogens is 1. The van der Waals surface area contributed by atoms with Gasteiger partial charge in [-0.15, -0.1) is 0 Å². The standard InChI is InChI=1S/C26H40FN5O5/c1-32(2)12-6-5-9-23(25(34)28-11-14-37-16-15-36-13-10-27)31-26(35)24(30-19-33)17-20-18-29-22-8-4-3-7-21(20)22/h3-4,7-8,18-19,23-24,29H,5-6,9-17H2,1-2H3,(H,28,34)(H,30,33)(H,31,35). The summed E-state index contributed by atoms with van der Waals surface area (Å²) in [4.78, 5) is 42.6. The molecule has 10 nitrogen and oxygen atoms in total. The van der Waals surface area contributed by atoms with Crippen LogP contribution in [-0.4, -0.2) is 100 Å². The molecule has 0 saturated carbocycles. The molecule has 3 amide bonds. The molecular formula is C26H40FN5O5. The average Bonchev–Trinajstić information content (AvgIpc) is 3.29. The number of unbranched alkanes of at least 4 members (excludes halogenated alkanes) is 1. The number of para-hydroxylation sites is 1. The van der Waals surface area contributed by atoms with Gasteiger partial charge in [0.25, 0.3) is 0 Å². The minimum absolute atomic E-state index is 0.0373. The molecule has 4 N–H and O–H groups in total. The monoisotopic (exact) mass is 521 g/mol. The summed E-state index contributed by atoms with van der Waals surface area (Å²) in [6.07, 6.45) is 4.69. The molecule has 0 aliphatic heterocycles. The molecule has 1 aromatic carbocycles. The first-order chi connectivity index (χ1) is 18.0. The number of rotatable bonds is 20. The fourth-order valence-corrected chi connectivity index (χ4v) is 3.89. The Bertz CT molecular complexity index is 954. The fourth-order valence-electron chi connectivity index (χ4n) is 3.89. The first kappa shape index (κ1) is 30.2. The van der Waals surface area contributed by atoms with Gasteiger partial charge in [-0.25, -0.2) is 4.39 Å². The second-order valence-corrected chi connectivity index (χ2v) is 8.97. The third-order valence-corrected chi connectivity index (χ3v) is 5.80. The molecule has 37 heavy (non-hydrogen) atoms. The number of fused-ring (bicyclic) bond motifs is 1. The number of aromatic nitrogens is 1. The number of halogens is 1. The molecule has 2 aromatic rings. The van der Waals surface area contributed by atoms with E-state index in [-0.39, 0.29) is 38.7 Å². The van der Waals surface area contributed by atoms with Crippen LogP contribution in [0.2, 0.25) is 0 Å². The molecule has 2 unspecified atom stereocenters. The predicted molar refractivity (Wildman–Crippen MR) is 140 cm³/mol. The minimum Gasteiger partial charge on any atom is -0.377 e. The van der Waals surface area contributed by atoms with E-state index in [2.05, 4.69) is 25.8 Å². The van der Waals surface area contributed by atoms with Crippen molar-refractivity contribution >= 4 is 29.1 Å². The zero-order valence-corrected chi connectivity index (χ0v) is 21.8. The number of alkyl halides is 1. The second-order valence-electron chi connectivity index (χ2n) is 8.97. The van der Waals surface area contributed by atoms with Crippen LogP contribution in [0.3, 0.4) is 0 Å². The molecule has 1 heterocycles. The van der Waals surface area contributed by atoms with Crippen LogP contribution in [0.4, 0.5) is 4.39 Å². The van der Waals surface area contributed by atoms with E-state index in [1.807, 2.05) is 44.6 Å². The lowest BCUT2D eigenvalue weighted by molar-refractivity contribution is -0.131. The number of carbonyl (C=O) groups is 3. The van der Waals surface area contributed by atoms with Gasteiger partial charge in [0.1, 0.15) is 18.8 Å². The number of benzene rings is 1. The zero-order valence-electron chi connectivity index (χ0n) is 21.8. The molecule has 0 aliphatic rings. The van der Waals surface area contributed by atoms with Crippen molar-refractivity contribution in [3.05, 3.63) is 36.0 Å². The summed E-state index contributed by atoms with van der Waals surface area (Å²) < 4.78 is 22.4. The lowest BCUT2D eigenvalue weighted by Gasteiger charge is -2.22. The molecule has 206 valence electrons. The number of nitrogens with zero attached hydrogens (tertiary/aromatic N) is 1. The van der Waals surface area contributed by atoms with Gasteiger partial charge in [0.05, 0.1) is 26.4 Å². The Hall–Kier alpha value is -3.02. The Morgan fingerprint density at radius 2 is 1.81 bits per heavy atom. The van der Waals surface area contributed by atoms with Crippen LogP contribution >= 0.6 is 0 Å². The number of hydrogen-bond donors (Lipinski definition) is 4. The van der Waals surface area contributed by atoms with E-state index < -0.39 is 24.7 Å². The summed E-state index contributed by atoms with van der Waals surface area (Å²) in [5.74, 6) is -0.737. The third kappa shape index (κ3) is 11.3. The molecule has 2 rings (SSSR count). The number of ether oxygens (including phenoxy) is 2. The van der Waals surface area contributed by atoms with E-state index in [0.717, 1.165) is 35.9 Å². The van der Waals surface area contributed by atoms with Crippen LogP contribution < -0.4 is 16.0 Å². The zero-order chi connectivity index (χ0) is 26.9. The lowest BCUT2D eigenvalue weighted by Crippen LogP contribution is -2.53. The number of hydrogen-bond acceptors (Lipinski definition) is 6. The van der Waals surface area contributed by atoms with Gasteiger partial charge < -0.3 is 35.3 Å². The Balaban J connectivity index is 1.95. The minimum atomic E-state index is -0.832. The van der Waals surface area contributed by atoms with Crippen LogP contribution in [0.1, 0.15) is 24.8 Å². The molecule has 0 saturated heterocycles. The molecule has 11 heteroatoms. The maximum absolute atomic E-state index is 13.2. The van der Waals surface area contributed by atoms with Crippen molar-refractivity contribution in [2.45, 2.75) is 37.8 Å². The van der Waals surface area contributed by atoms with Crippen LogP contribution in [0, 0.1) is 0 Å². The van der Waals surface area contributed by atoms with Crippen molar-refractivity contribution in [1.29, 1.82) is 0 Å². The van der Waals surface area contributed by atoms with Gasteiger partial charge in [-0.05, 0) is 51.5 Å². The molecule has 0 aliphatic carbocycles. The number of carbonyl (C=O) groups excluding carboxylic acids is 3. The number of aromatic amines is 1. The van der Waals surface area contributed by atoms with Gasteiger partial charge in [0, 0.05) is 30.1 Å². The Kier molecular flexibility index (Phi) is 14.2. The highest BCUT2D eigenvalue weighted by molar-refractivity contribution is 5.91. The summed E-state index contributed by atoms with van der Waals surface area (Å²) in [6, 6.07) is 6.14. The average molecular weight is 522 g/mol. The van der Waals surface area contributed by atoms with E-state index in [4.69, 9.17) is 9.47 Å². The molecule has 0 fully saturated rings. The van der Waals surface area contributed by atoms with Gasteiger partial charge in [0.15, 0.2) is 0 Å². The summed E-state index contributed by atoms with van der Waals surface area (Å²) in [5.41, 5.74) is 1.84. The Morgan fingerprint density at radius 1 is 1.05 bits per heavy atom. The van der Waals surface area contributed by atoms with Crippen LogP contribution in [-0.2, 0) is 30.3 Å². The normalized spacial score (nSPS) is 12.9. The Morgan fingerprint density at radius 3 is 2.54 bits per heavy atom. The third-order valence-electron chi connectivity index (χ3n) is 5.80. The molecule has 0 radical (unpaired) electrons. The largest absolute Gasteiger partial charge is 0.377 e. The summed E-state index contributed by atoms with van der Waals surface area (Å²) in [6.45, 7) is 1.48. The molecule has 2 atom stereocenters. The highest BCUT2D eigenvalue weighted by Gasteiger charge is 2.26. The van der Waals surface area contributed by atoms with Gasteiger partial charge in [-0.3, -0.25) is 14.4 Å². The van der Waals surface area contributed by atoms with Crippen molar-refractivity contribution in [2.24, 2.45) is 0 Å². The van der Waals surface area contributed by atoms with E-state index in [9.17, 15) is 18.8 Å². The van der Waals surface area contributed by atoms with Gasteiger partial charge in [-0.1, -0.05) is 18.2 Å². The van der Waals surface area contributed by atoms with Crippen molar-refractivity contribution < 1.29 is 28.2 Å². The first-order valence-electron chi connectivity index (χ1n) is 12.6. The van der Waals surface area contributed by atoms with E-state index >= 15 is 0 Å². The van der Waals surface area contributed by atoms with Gasteiger partial charge >= 0.3 is 0 Å². The molecule has 1 aromatic heterocycles. The molecule has 0 spiro atoms. The summed E-state index contributed by atoms with van der Waals surface area (Å²) >= 11 is 0. The van der Waals surface area contributed by atoms with Gasteiger partial charge in [0.2, 0.25) is 18.2 Å². The molecular weight excluding hydrogens is 481 g/mol. The Labute approximate surface area is 217 Å². The highest BCUT2D eigenvalue weighted by atomic mass is 19.1. The number of nitrogens with one attached hydrogen (secondary N) is 4. The van der Waals surface area contributed by atoms with Crippen molar-refractivity contribution in [3.8, 4) is 0 Å². The first-order valence-corrected chi connectivity index (χ1v) is 12.6. The number of amides is 3. The van der Waals surface area contributed by atoms with E-state index in [1.54, 1.807) is 0 Å². The van der Waals surface area contributed by atoms with Crippen molar-refractivity contribution in [1.82, 2.24) is 25.8 Å². The fraction of sp³-hybridized carbons (Fsp3) is 0.577. The second kappa shape index (κ2) is 17.4. The van der Waals surface area contributed by atoms with Gasteiger partial charge in [-0.2, -0.15) is 0 Å². The SMILES string of the molecule is CN(C)CCCCC(NC(=O)C(Cc1c[nH]c2ccccc12)NC=O)C(=O)NCCOCCOCCF. The smallest absolute Gasteiger partial charge is 0.243 e. The quantitative estimate of drug-likeness (QED) is 0.153. The summed E-state index contributed by atoms with van der Waals surface area (Å²) in [5, 5.41) is 9.19. The van der Waals surface area contributed by atoms with Crippen LogP contribution in [0.5, 0.6) is 0 Å². The van der Waals surface area contributed by atoms with E-state index in [1.165, 1.54) is 0 Å². The van der Waals surface area contributed by atoms with Crippen molar-refractivity contribution in [3.63, 3.8) is 0 Å². The summed E-state index contributed by atoms with van der Waals surface area (Å²) in [7, 11) is 3.96. The highest BCUT2D eigenvalue weighted by Crippen LogP contribution is 2.19. The topological polar surface area (TPSA) is 125 Å². The van der Waals surface area contributed by atoms with E-state index in [0.29, 0.717) is 19.4 Å². The predicted octanol–water partition coefficient (Wildman–Crippen LogP) is 1.16. The van der Waals surface area contributed by atoms with Crippen molar-refractivity contribution in [2.75, 3.05) is 60.3 Å².